The van der Waals surface area contributed by atoms with Crippen molar-refractivity contribution in [3.63, 3.8) is 0 Å². The molecule has 3 heteroatoms. The average molecular weight is 165 g/mol. The molecular weight excluding hydrogens is 158 g/mol. The highest BCUT2D eigenvalue weighted by molar-refractivity contribution is 7.13. The lowest BCUT2D eigenvalue weighted by atomic mass is 10.2. The molecule has 2 nitrogen and oxygen atoms in total. The highest BCUT2D eigenvalue weighted by Crippen LogP contribution is 2.29. The zero-order chi connectivity index (χ0) is 7.84. The van der Waals surface area contributed by atoms with E-state index in [0.29, 0.717) is 5.75 Å². The molecule has 1 N–H and O–H groups in total. The van der Waals surface area contributed by atoms with Crippen LogP contribution in [0.3, 0.4) is 0 Å². The van der Waals surface area contributed by atoms with Crippen molar-refractivity contribution < 1.29 is 5.11 Å². The molecule has 0 unspecified atom stereocenters. The Bertz CT molecular complexity index is 358. The largest absolute Gasteiger partial charge is 0.506 e. The van der Waals surface area contributed by atoms with E-state index in [0.717, 1.165) is 15.6 Å². The van der Waals surface area contributed by atoms with E-state index < -0.39 is 0 Å². The molecule has 1 aromatic heterocycles. The SMILES string of the molecule is Cc1ccc(O)c2sncc12. The Balaban J connectivity index is 2.96. The number of phenols is 1. The van der Waals surface area contributed by atoms with Gasteiger partial charge >= 0.3 is 0 Å². The summed E-state index contributed by atoms with van der Waals surface area (Å²) in [7, 11) is 0. The van der Waals surface area contributed by atoms with Gasteiger partial charge in [-0.2, -0.15) is 4.37 Å². The van der Waals surface area contributed by atoms with Crippen molar-refractivity contribution in [2.45, 2.75) is 6.92 Å². The van der Waals surface area contributed by atoms with E-state index in [1.54, 1.807) is 12.3 Å². The quantitative estimate of drug-likeness (QED) is 0.649. The Kier molecular flexibility index (Phi) is 1.32. The topological polar surface area (TPSA) is 33.1 Å². The molecule has 0 bridgehead atoms. The van der Waals surface area contributed by atoms with Crippen LogP contribution in [0.2, 0.25) is 0 Å². The molecule has 0 saturated carbocycles. The third kappa shape index (κ3) is 0.886. The molecule has 1 aromatic carbocycles. The molecular formula is C8H7NOS. The maximum atomic E-state index is 9.35. The Labute approximate surface area is 68.3 Å². The molecule has 0 fully saturated rings. The standard InChI is InChI=1S/C8H7NOS/c1-5-2-3-7(10)8-6(5)4-9-11-8/h2-4,10H,1H3. The number of benzene rings is 1. The van der Waals surface area contributed by atoms with E-state index >= 15 is 0 Å². The van der Waals surface area contributed by atoms with Crippen LogP contribution in [0.1, 0.15) is 5.56 Å². The van der Waals surface area contributed by atoms with E-state index in [9.17, 15) is 5.11 Å². The third-order valence-electron chi connectivity index (χ3n) is 1.72. The van der Waals surface area contributed by atoms with Gasteiger partial charge in [0, 0.05) is 11.6 Å². The Hall–Kier alpha value is -1.09. The molecule has 0 atom stereocenters. The number of phenolic OH excluding ortho intramolecular Hbond substituents is 1. The van der Waals surface area contributed by atoms with Crippen LogP contribution in [0.4, 0.5) is 0 Å². The van der Waals surface area contributed by atoms with Gasteiger partial charge in [-0.3, -0.25) is 0 Å². The minimum atomic E-state index is 0.327. The van der Waals surface area contributed by atoms with Crippen molar-refractivity contribution in [1.82, 2.24) is 4.37 Å². The lowest BCUT2D eigenvalue weighted by molar-refractivity contribution is 0.482. The predicted molar refractivity (Wildman–Crippen MR) is 46.0 cm³/mol. The van der Waals surface area contributed by atoms with Gasteiger partial charge in [-0.05, 0) is 30.1 Å². The van der Waals surface area contributed by atoms with E-state index in [2.05, 4.69) is 4.37 Å². The minimum Gasteiger partial charge on any atom is -0.506 e. The smallest absolute Gasteiger partial charge is 0.135 e. The van der Waals surface area contributed by atoms with Gasteiger partial charge in [-0.25, -0.2) is 0 Å². The molecule has 11 heavy (non-hydrogen) atoms. The number of hydrogen-bond donors (Lipinski definition) is 1. The summed E-state index contributed by atoms with van der Waals surface area (Å²) in [6.45, 7) is 2.01. The van der Waals surface area contributed by atoms with E-state index in [1.165, 1.54) is 11.5 Å². The van der Waals surface area contributed by atoms with Gasteiger partial charge in [-0.1, -0.05) is 6.07 Å². The third-order valence-corrected chi connectivity index (χ3v) is 2.54. The lowest BCUT2D eigenvalue weighted by Gasteiger charge is -1.95. The van der Waals surface area contributed by atoms with Crippen LogP contribution >= 0.6 is 11.5 Å². The molecule has 56 valence electrons. The molecule has 2 rings (SSSR count). The summed E-state index contributed by atoms with van der Waals surface area (Å²) in [4.78, 5) is 0. The first-order valence-corrected chi connectivity index (χ1v) is 4.09. The van der Waals surface area contributed by atoms with Crippen molar-refractivity contribution >= 4 is 21.6 Å². The maximum Gasteiger partial charge on any atom is 0.135 e. The molecule has 0 amide bonds. The van der Waals surface area contributed by atoms with Crippen molar-refractivity contribution in [1.29, 1.82) is 0 Å². The molecule has 0 radical (unpaired) electrons. The normalized spacial score (nSPS) is 10.6. The van der Waals surface area contributed by atoms with Gasteiger partial charge in [0.2, 0.25) is 0 Å². The van der Waals surface area contributed by atoms with Gasteiger partial charge in [0.25, 0.3) is 0 Å². The lowest BCUT2D eigenvalue weighted by Crippen LogP contribution is -1.71. The molecule has 2 aromatic rings. The van der Waals surface area contributed by atoms with Crippen LogP contribution in [-0.2, 0) is 0 Å². The molecule has 0 aliphatic heterocycles. The first-order chi connectivity index (χ1) is 5.29. The zero-order valence-electron chi connectivity index (χ0n) is 6.03. The van der Waals surface area contributed by atoms with Crippen LogP contribution in [0.5, 0.6) is 5.75 Å². The second-order valence-corrected chi connectivity index (χ2v) is 3.27. The number of aromatic hydroxyl groups is 1. The number of aromatic nitrogens is 1. The zero-order valence-corrected chi connectivity index (χ0v) is 6.85. The molecule has 0 spiro atoms. The fraction of sp³-hybridized carbons (Fsp3) is 0.125. The number of aryl methyl sites for hydroxylation is 1. The summed E-state index contributed by atoms with van der Waals surface area (Å²) in [5.74, 6) is 0.327. The second-order valence-electron chi connectivity index (χ2n) is 2.47. The summed E-state index contributed by atoms with van der Waals surface area (Å²) >= 11 is 1.33. The Morgan fingerprint density at radius 1 is 1.45 bits per heavy atom. The van der Waals surface area contributed by atoms with Gasteiger partial charge in [-0.15, -0.1) is 0 Å². The second kappa shape index (κ2) is 2.20. The van der Waals surface area contributed by atoms with Gasteiger partial charge < -0.3 is 5.11 Å². The fourth-order valence-electron chi connectivity index (χ4n) is 1.07. The van der Waals surface area contributed by atoms with Crippen LogP contribution < -0.4 is 0 Å². The van der Waals surface area contributed by atoms with Crippen LogP contribution in [0.15, 0.2) is 18.3 Å². The summed E-state index contributed by atoms with van der Waals surface area (Å²) in [5.41, 5.74) is 1.16. The fourth-order valence-corrected chi connectivity index (χ4v) is 1.81. The van der Waals surface area contributed by atoms with Crippen LogP contribution in [0, 0.1) is 6.92 Å². The first kappa shape index (κ1) is 6.61. The summed E-state index contributed by atoms with van der Waals surface area (Å²) < 4.78 is 4.88. The average Bonchev–Trinajstić information content (AvgIpc) is 2.45. The Morgan fingerprint density at radius 3 is 3.00 bits per heavy atom. The number of fused-ring (bicyclic) bond motifs is 1. The maximum absolute atomic E-state index is 9.35. The Morgan fingerprint density at radius 2 is 2.27 bits per heavy atom. The van der Waals surface area contributed by atoms with Crippen molar-refractivity contribution in [3.8, 4) is 5.75 Å². The monoisotopic (exact) mass is 165 g/mol. The molecule has 0 saturated heterocycles. The van der Waals surface area contributed by atoms with Crippen molar-refractivity contribution in [2.75, 3.05) is 0 Å². The highest BCUT2D eigenvalue weighted by atomic mass is 32.1. The van der Waals surface area contributed by atoms with Gasteiger partial charge in [0.15, 0.2) is 0 Å². The first-order valence-electron chi connectivity index (χ1n) is 3.32. The number of rotatable bonds is 0. The van der Waals surface area contributed by atoms with Gasteiger partial charge in [0.1, 0.15) is 5.75 Å². The van der Waals surface area contributed by atoms with E-state index in [1.807, 2.05) is 13.0 Å². The molecule has 0 aliphatic carbocycles. The highest BCUT2D eigenvalue weighted by Gasteiger charge is 2.03. The summed E-state index contributed by atoms with van der Waals surface area (Å²) in [6, 6.07) is 3.60. The van der Waals surface area contributed by atoms with E-state index in [-0.39, 0.29) is 0 Å². The van der Waals surface area contributed by atoms with Crippen LogP contribution in [0.25, 0.3) is 10.1 Å². The predicted octanol–water partition coefficient (Wildman–Crippen LogP) is 2.31. The van der Waals surface area contributed by atoms with Crippen LogP contribution in [-0.4, -0.2) is 9.48 Å². The van der Waals surface area contributed by atoms with Gasteiger partial charge in [0.05, 0.1) is 4.70 Å². The van der Waals surface area contributed by atoms with E-state index in [4.69, 9.17) is 0 Å². The van der Waals surface area contributed by atoms with Crippen molar-refractivity contribution in [2.24, 2.45) is 0 Å². The number of nitrogens with zero attached hydrogens (tertiary/aromatic N) is 1. The summed E-state index contributed by atoms with van der Waals surface area (Å²) in [6.07, 6.45) is 1.79. The minimum absolute atomic E-state index is 0.327. The molecule has 1 heterocycles. The van der Waals surface area contributed by atoms with Crippen molar-refractivity contribution in [3.05, 3.63) is 23.9 Å². The summed E-state index contributed by atoms with van der Waals surface area (Å²) in [5, 5.41) is 10.4. The molecule has 0 aliphatic rings. The number of hydrogen-bond acceptors (Lipinski definition) is 3.